The number of fused-ring (bicyclic) bond motifs is 1. The Bertz CT molecular complexity index is 1070. The molecule has 29 heavy (non-hydrogen) atoms. The second-order valence-electron chi connectivity index (χ2n) is 7.36. The average Bonchev–Trinajstić information content (AvgIpc) is 3.12. The molecule has 6 heteroatoms. The zero-order valence-electron chi connectivity index (χ0n) is 16.7. The van der Waals surface area contributed by atoms with Gasteiger partial charge in [-0.25, -0.2) is 4.98 Å². The van der Waals surface area contributed by atoms with E-state index in [1.807, 2.05) is 66.9 Å². The molecule has 0 radical (unpaired) electrons. The number of hydrogen-bond acceptors (Lipinski definition) is 3. The highest BCUT2D eigenvalue weighted by Crippen LogP contribution is 2.24. The SMILES string of the molecule is Cc1cccc(NC(=O)c2nc(C(=O)Nc3ccccc3)n3c2CCCC3)c1C. The number of imidazole rings is 1. The molecule has 1 aromatic heterocycles. The van der Waals surface area contributed by atoms with E-state index in [-0.39, 0.29) is 17.6 Å². The van der Waals surface area contributed by atoms with Gasteiger partial charge in [-0.1, -0.05) is 30.3 Å². The lowest BCUT2D eigenvalue weighted by molar-refractivity contribution is 0.101. The number of nitrogens with zero attached hydrogens (tertiary/aromatic N) is 2. The minimum atomic E-state index is -0.301. The van der Waals surface area contributed by atoms with Crippen molar-refractivity contribution in [3.8, 4) is 0 Å². The second kappa shape index (κ2) is 7.91. The van der Waals surface area contributed by atoms with Crippen LogP contribution < -0.4 is 10.6 Å². The van der Waals surface area contributed by atoms with E-state index in [0.29, 0.717) is 17.9 Å². The van der Waals surface area contributed by atoms with E-state index >= 15 is 0 Å². The first-order valence-corrected chi connectivity index (χ1v) is 9.88. The van der Waals surface area contributed by atoms with Crippen molar-refractivity contribution in [2.24, 2.45) is 0 Å². The van der Waals surface area contributed by atoms with E-state index < -0.39 is 0 Å². The quantitative estimate of drug-likeness (QED) is 0.698. The highest BCUT2D eigenvalue weighted by Gasteiger charge is 2.27. The van der Waals surface area contributed by atoms with E-state index in [9.17, 15) is 9.59 Å². The standard InChI is InChI=1S/C23H24N4O2/c1-15-9-8-12-18(16(15)2)25-22(28)20-19-13-6-7-14-27(19)21(26-20)23(29)24-17-10-4-3-5-11-17/h3-5,8-12H,6-7,13-14H2,1-2H3,(H,24,29)(H,25,28). The fourth-order valence-corrected chi connectivity index (χ4v) is 3.67. The molecular weight excluding hydrogens is 364 g/mol. The van der Waals surface area contributed by atoms with Crippen molar-refractivity contribution in [2.45, 2.75) is 39.7 Å². The van der Waals surface area contributed by atoms with Gasteiger partial charge in [0.15, 0.2) is 11.5 Å². The fourth-order valence-electron chi connectivity index (χ4n) is 3.67. The van der Waals surface area contributed by atoms with Gasteiger partial charge in [-0.3, -0.25) is 9.59 Å². The summed E-state index contributed by atoms with van der Waals surface area (Å²) in [7, 11) is 0. The maximum atomic E-state index is 13.0. The van der Waals surface area contributed by atoms with Gasteiger partial charge < -0.3 is 15.2 Å². The number of carbonyl (C=O) groups is 2. The van der Waals surface area contributed by atoms with Crippen LogP contribution in [0, 0.1) is 13.8 Å². The zero-order chi connectivity index (χ0) is 20.4. The summed E-state index contributed by atoms with van der Waals surface area (Å²) >= 11 is 0. The van der Waals surface area contributed by atoms with Gasteiger partial charge in [-0.15, -0.1) is 0 Å². The first-order valence-electron chi connectivity index (χ1n) is 9.88. The van der Waals surface area contributed by atoms with Crippen molar-refractivity contribution in [3.63, 3.8) is 0 Å². The average molecular weight is 388 g/mol. The molecular formula is C23H24N4O2. The third-order valence-corrected chi connectivity index (χ3v) is 5.42. The van der Waals surface area contributed by atoms with E-state index in [1.54, 1.807) is 0 Å². The molecule has 3 aromatic rings. The lowest BCUT2D eigenvalue weighted by Crippen LogP contribution is -2.21. The van der Waals surface area contributed by atoms with Gasteiger partial charge in [0.2, 0.25) is 0 Å². The largest absolute Gasteiger partial charge is 0.323 e. The molecule has 2 N–H and O–H groups in total. The highest BCUT2D eigenvalue weighted by atomic mass is 16.2. The third-order valence-electron chi connectivity index (χ3n) is 5.42. The summed E-state index contributed by atoms with van der Waals surface area (Å²) in [6.45, 7) is 4.68. The molecule has 0 bridgehead atoms. The molecule has 0 aliphatic carbocycles. The van der Waals surface area contributed by atoms with Crippen LogP contribution in [-0.4, -0.2) is 21.4 Å². The molecule has 0 saturated heterocycles. The van der Waals surface area contributed by atoms with E-state index in [0.717, 1.165) is 41.8 Å². The van der Waals surface area contributed by atoms with Crippen LogP contribution in [0.25, 0.3) is 0 Å². The van der Waals surface area contributed by atoms with E-state index in [4.69, 9.17) is 0 Å². The van der Waals surface area contributed by atoms with Crippen molar-refractivity contribution in [2.75, 3.05) is 10.6 Å². The van der Waals surface area contributed by atoms with Gasteiger partial charge in [0.1, 0.15) is 0 Å². The number of rotatable bonds is 4. The van der Waals surface area contributed by atoms with Crippen LogP contribution in [0.15, 0.2) is 48.5 Å². The number of anilines is 2. The van der Waals surface area contributed by atoms with Crippen molar-refractivity contribution in [1.29, 1.82) is 0 Å². The number of carbonyl (C=O) groups excluding carboxylic acids is 2. The van der Waals surface area contributed by atoms with Gasteiger partial charge in [0.25, 0.3) is 11.8 Å². The van der Waals surface area contributed by atoms with Crippen molar-refractivity contribution in [1.82, 2.24) is 9.55 Å². The molecule has 0 fully saturated rings. The summed E-state index contributed by atoms with van der Waals surface area (Å²) in [5.74, 6) is -0.289. The summed E-state index contributed by atoms with van der Waals surface area (Å²) in [6, 6.07) is 15.1. The summed E-state index contributed by atoms with van der Waals surface area (Å²) in [5.41, 5.74) is 4.77. The lowest BCUT2D eigenvalue weighted by Gasteiger charge is -2.17. The van der Waals surface area contributed by atoms with Crippen LogP contribution in [0.2, 0.25) is 0 Å². The third kappa shape index (κ3) is 3.78. The number of para-hydroxylation sites is 1. The van der Waals surface area contributed by atoms with Crippen LogP contribution in [0.5, 0.6) is 0 Å². The normalized spacial score (nSPS) is 12.9. The van der Waals surface area contributed by atoms with Gasteiger partial charge in [0.05, 0.1) is 5.69 Å². The number of benzene rings is 2. The minimum absolute atomic E-state index is 0.275. The van der Waals surface area contributed by atoms with Gasteiger partial charge in [-0.2, -0.15) is 0 Å². The Labute approximate surface area is 170 Å². The maximum Gasteiger partial charge on any atom is 0.291 e. The molecule has 1 aliphatic heterocycles. The molecule has 2 amide bonds. The molecule has 1 aliphatic rings. The molecule has 0 saturated carbocycles. The monoisotopic (exact) mass is 388 g/mol. The molecule has 4 rings (SSSR count). The molecule has 0 unspecified atom stereocenters. The van der Waals surface area contributed by atoms with Crippen LogP contribution in [0.1, 0.15) is 50.8 Å². The number of hydrogen-bond donors (Lipinski definition) is 2. The summed E-state index contributed by atoms with van der Waals surface area (Å²) in [6.07, 6.45) is 2.68. The second-order valence-corrected chi connectivity index (χ2v) is 7.36. The van der Waals surface area contributed by atoms with Gasteiger partial charge in [0, 0.05) is 17.9 Å². The molecule has 0 atom stereocenters. The Morgan fingerprint density at radius 3 is 2.52 bits per heavy atom. The number of aromatic nitrogens is 2. The Kier molecular flexibility index (Phi) is 5.16. The minimum Gasteiger partial charge on any atom is -0.323 e. The van der Waals surface area contributed by atoms with Crippen molar-refractivity contribution >= 4 is 23.2 Å². The van der Waals surface area contributed by atoms with Crippen LogP contribution in [0.4, 0.5) is 11.4 Å². The van der Waals surface area contributed by atoms with Crippen LogP contribution in [0.3, 0.4) is 0 Å². The Hall–Kier alpha value is -3.41. The smallest absolute Gasteiger partial charge is 0.291 e. The Balaban J connectivity index is 1.65. The molecule has 148 valence electrons. The van der Waals surface area contributed by atoms with Gasteiger partial charge >= 0.3 is 0 Å². The van der Waals surface area contributed by atoms with Gasteiger partial charge in [-0.05, 0) is 62.4 Å². The summed E-state index contributed by atoms with van der Waals surface area (Å²) in [4.78, 5) is 30.4. The molecule has 2 aromatic carbocycles. The van der Waals surface area contributed by atoms with Crippen LogP contribution in [-0.2, 0) is 13.0 Å². The number of nitrogens with one attached hydrogen (secondary N) is 2. The lowest BCUT2D eigenvalue weighted by atomic mass is 10.1. The number of amides is 2. The van der Waals surface area contributed by atoms with Crippen molar-refractivity contribution in [3.05, 3.63) is 76.9 Å². The highest BCUT2D eigenvalue weighted by molar-refractivity contribution is 6.07. The number of aryl methyl sites for hydroxylation is 1. The zero-order valence-corrected chi connectivity index (χ0v) is 16.7. The molecule has 0 spiro atoms. The topological polar surface area (TPSA) is 76.0 Å². The first kappa shape index (κ1) is 18.9. The van der Waals surface area contributed by atoms with E-state index in [2.05, 4.69) is 15.6 Å². The molecule has 6 nitrogen and oxygen atoms in total. The summed E-state index contributed by atoms with van der Waals surface area (Å²) in [5, 5.41) is 5.85. The fraction of sp³-hybridized carbons (Fsp3) is 0.261. The predicted molar refractivity (Wildman–Crippen MR) is 113 cm³/mol. The maximum absolute atomic E-state index is 13.0. The van der Waals surface area contributed by atoms with Crippen molar-refractivity contribution < 1.29 is 9.59 Å². The summed E-state index contributed by atoms with van der Waals surface area (Å²) < 4.78 is 1.89. The first-order chi connectivity index (χ1) is 14.0. The van der Waals surface area contributed by atoms with E-state index in [1.165, 1.54) is 0 Å². The Morgan fingerprint density at radius 1 is 0.931 bits per heavy atom. The molecule has 2 heterocycles. The Morgan fingerprint density at radius 2 is 1.72 bits per heavy atom. The van der Waals surface area contributed by atoms with Crippen LogP contribution >= 0.6 is 0 Å². The predicted octanol–water partition coefficient (Wildman–Crippen LogP) is 4.34.